The summed E-state index contributed by atoms with van der Waals surface area (Å²) in [5, 5.41) is 13.7. The summed E-state index contributed by atoms with van der Waals surface area (Å²) in [6, 6.07) is 52.3. The summed E-state index contributed by atoms with van der Waals surface area (Å²) in [5.74, 6) is 2.90. The molecule has 50 heavy (non-hydrogen) atoms. The Kier molecular flexibility index (Phi) is 10.2. The van der Waals surface area contributed by atoms with Crippen LogP contribution >= 0.6 is 12.6 Å². The van der Waals surface area contributed by atoms with Crippen LogP contribution in [0.2, 0.25) is 0 Å². The highest BCUT2D eigenvalue weighted by Gasteiger charge is 2.56. The van der Waals surface area contributed by atoms with Crippen LogP contribution in [0.25, 0.3) is 0 Å². The Bertz CT molecular complexity index is 1860. The highest BCUT2D eigenvalue weighted by atomic mass is 32.1. The lowest BCUT2D eigenvalue weighted by Crippen LogP contribution is -2.53. The van der Waals surface area contributed by atoms with Crippen LogP contribution in [0.15, 0.2) is 158 Å². The summed E-state index contributed by atoms with van der Waals surface area (Å²) >= 11 is 5.46. The quantitative estimate of drug-likeness (QED) is 0.0723. The van der Waals surface area contributed by atoms with Gasteiger partial charge < -0.3 is 24.1 Å². The zero-order valence-electron chi connectivity index (χ0n) is 28.7. The first-order chi connectivity index (χ1) is 24.3. The van der Waals surface area contributed by atoms with Crippen molar-refractivity contribution in [3.05, 3.63) is 191 Å². The molecule has 0 aliphatic rings. The third-order valence-electron chi connectivity index (χ3n) is 9.80. The lowest BCUT2D eigenvalue weighted by atomic mass is 9.58. The van der Waals surface area contributed by atoms with E-state index in [1.54, 1.807) is 28.4 Å². The summed E-state index contributed by atoms with van der Waals surface area (Å²) in [6.45, 7) is 0. The summed E-state index contributed by atoms with van der Waals surface area (Å²) in [5.41, 5.74) is 3.39. The molecule has 0 aromatic heterocycles. The Morgan fingerprint density at radius 2 is 0.660 bits per heavy atom. The number of aliphatic hydroxyl groups is 1. The summed E-state index contributed by atoms with van der Waals surface area (Å²) in [7, 11) is 6.62. The topological polar surface area (TPSA) is 57.2 Å². The molecule has 0 fully saturated rings. The first kappa shape index (κ1) is 34.7. The predicted octanol–water partition coefficient (Wildman–Crippen LogP) is 9.10. The SMILES string of the molecule is COc1ccc(C(CC(O)(S)C(c2ccccc2)(c2ccc(OC)cc2)c2ccc(OC)cc2)(c2ccccc2)c2ccc(OC)cc2)cc1. The van der Waals surface area contributed by atoms with E-state index in [9.17, 15) is 5.11 Å². The number of hydrogen-bond donors (Lipinski definition) is 2. The Morgan fingerprint density at radius 3 is 0.980 bits per heavy atom. The van der Waals surface area contributed by atoms with Crippen molar-refractivity contribution in [3.63, 3.8) is 0 Å². The fourth-order valence-electron chi connectivity index (χ4n) is 7.35. The van der Waals surface area contributed by atoms with E-state index < -0.39 is 15.8 Å². The smallest absolute Gasteiger partial charge is 0.126 e. The van der Waals surface area contributed by atoms with Crippen molar-refractivity contribution in [2.75, 3.05) is 28.4 Å². The second-order valence-corrected chi connectivity index (χ2v) is 13.0. The lowest BCUT2D eigenvalue weighted by molar-refractivity contribution is 0.0640. The number of thiol groups is 1. The van der Waals surface area contributed by atoms with E-state index in [0.29, 0.717) is 11.5 Å². The van der Waals surface area contributed by atoms with Crippen LogP contribution in [0.5, 0.6) is 23.0 Å². The average Bonchev–Trinajstić information content (AvgIpc) is 3.18. The van der Waals surface area contributed by atoms with Crippen molar-refractivity contribution >= 4 is 12.6 Å². The van der Waals surface area contributed by atoms with E-state index >= 15 is 0 Å². The molecule has 6 heteroatoms. The van der Waals surface area contributed by atoms with E-state index in [1.807, 2.05) is 109 Å². The van der Waals surface area contributed by atoms with Crippen LogP contribution in [-0.2, 0) is 10.8 Å². The number of methoxy groups -OCH3 is 4. The van der Waals surface area contributed by atoms with E-state index in [2.05, 4.69) is 48.5 Å². The molecule has 0 saturated heterocycles. The summed E-state index contributed by atoms with van der Waals surface area (Å²) in [6.07, 6.45) is 0.152. The minimum absolute atomic E-state index is 0.152. The number of ether oxygens (including phenoxy) is 4. The Labute approximate surface area is 300 Å². The summed E-state index contributed by atoms with van der Waals surface area (Å²) < 4.78 is 22.3. The van der Waals surface area contributed by atoms with Crippen LogP contribution in [-0.4, -0.2) is 38.5 Å². The van der Waals surface area contributed by atoms with Crippen molar-refractivity contribution in [2.24, 2.45) is 0 Å². The third-order valence-corrected chi connectivity index (χ3v) is 10.3. The van der Waals surface area contributed by atoms with E-state index in [-0.39, 0.29) is 6.42 Å². The van der Waals surface area contributed by atoms with Crippen LogP contribution in [0.1, 0.15) is 39.8 Å². The van der Waals surface area contributed by atoms with Gasteiger partial charge in [0.15, 0.2) is 0 Å². The molecule has 0 aliphatic carbocycles. The average molecular weight is 683 g/mol. The minimum atomic E-state index is -1.76. The summed E-state index contributed by atoms with van der Waals surface area (Å²) in [4.78, 5) is -1.76. The molecule has 0 heterocycles. The van der Waals surface area contributed by atoms with Gasteiger partial charge in [0.25, 0.3) is 0 Å². The van der Waals surface area contributed by atoms with Gasteiger partial charge in [0, 0.05) is 11.8 Å². The molecule has 5 nitrogen and oxygen atoms in total. The highest BCUT2D eigenvalue weighted by molar-refractivity contribution is 7.81. The molecule has 0 amide bonds. The van der Waals surface area contributed by atoms with Gasteiger partial charge in [0.05, 0.1) is 33.9 Å². The molecule has 0 radical (unpaired) electrons. The maximum Gasteiger partial charge on any atom is 0.126 e. The van der Waals surface area contributed by atoms with E-state index in [1.165, 1.54) is 0 Å². The van der Waals surface area contributed by atoms with Crippen molar-refractivity contribution in [1.29, 1.82) is 0 Å². The number of rotatable bonds is 13. The van der Waals surface area contributed by atoms with Gasteiger partial charge >= 0.3 is 0 Å². The molecule has 6 aromatic carbocycles. The van der Waals surface area contributed by atoms with Gasteiger partial charge in [-0.15, -0.1) is 12.6 Å². The molecule has 0 saturated carbocycles. The maximum atomic E-state index is 13.7. The molecule has 254 valence electrons. The third kappa shape index (κ3) is 6.21. The molecular weight excluding hydrogens is 641 g/mol. The molecular formula is C44H42O5S. The fourth-order valence-corrected chi connectivity index (χ4v) is 7.97. The van der Waals surface area contributed by atoms with Crippen LogP contribution in [0.3, 0.4) is 0 Å². The van der Waals surface area contributed by atoms with Gasteiger partial charge in [0.2, 0.25) is 0 Å². The zero-order valence-corrected chi connectivity index (χ0v) is 29.6. The zero-order chi connectivity index (χ0) is 35.2. The van der Waals surface area contributed by atoms with Crippen molar-refractivity contribution in [3.8, 4) is 23.0 Å². The molecule has 6 aromatic rings. The molecule has 1 unspecified atom stereocenters. The largest absolute Gasteiger partial charge is 0.497 e. The van der Waals surface area contributed by atoms with Gasteiger partial charge in [0.1, 0.15) is 27.9 Å². The Hall–Kier alpha value is -5.17. The Balaban J connectivity index is 1.71. The standard InChI is InChI=1S/C44H42O5S/c1-46-38-23-15-33(16-24-38)42(32-11-7-5-8-12-32,34-17-25-39(47-2)26-18-34)31-43(45,50)44(35-13-9-6-10-14-35,36-19-27-40(48-3)28-20-36)37-21-29-41(49-4)30-22-37/h5-30,45,50H,31H2,1-4H3. The van der Waals surface area contributed by atoms with Gasteiger partial charge in [-0.3, -0.25) is 0 Å². The molecule has 1 atom stereocenters. The highest BCUT2D eigenvalue weighted by Crippen LogP contribution is 2.57. The molecule has 0 aliphatic heterocycles. The predicted molar refractivity (Wildman–Crippen MR) is 203 cm³/mol. The van der Waals surface area contributed by atoms with Gasteiger partial charge in [-0.1, -0.05) is 109 Å². The second-order valence-electron chi connectivity index (χ2n) is 12.3. The normalized spacial score (nSPS) is 12.8. The van der Waals surface area contributed by atoms with Gasteiger partial charge in [-0.25, -0.2) is 0 Å². The maximum absolute atomic E-state index is 13.7. The van der Waals surface area contributed by atoms with E-state index in [4.69, 9.17) is 31.6 Å². The monoisotopic (exact) mass is 682 g/mol. The fraction of sp³-hybridized carbons (Fsp3) is 0.182. The van der Waals surface area contributed by atoms with Gasteiger partial charge in [-0.05, 0) is 81.9 Å². The number of hydrogen-bond acceptors (Lipinski definition) is 6. The van der Waals surface area contributed by atoms with E-state index in [0.717, 1.165) is 44.9 Å². The van der Waals surface area contributed by atoms with Gasteiger partial charge in [-0.2, -0.15) is 0 Å². The molecule has 1 N–H and O–H groups in total. The van der Waals surface area contributed by atoms with Crippen LogP contribution in [0.4, 0.5) is 0 Å². The lowest BCUT2D eigenvalue weighted by Gasteiger charge is -2.51. The van der Waals surface area contributed by atoms with Crippen molar-refractivity contribution in [1.82, 2.24) is 0 Å². The van der Waals surface area contributed by atoms with Crippen LogP contribution < -0.4 is 18.9 Å². The Morgan fingerprint density at radius 1 is 0.400 bits per heavy atom. The minimum Gasteiger partial charge on any atom is -0.497 e. The van der Waals surface area contributed by atoms with Crippen molar-refractivity contribution in [2.45, 2.75) is 22.2 Å². The van der Waals surface area contributed by atoms with Crippen molar-refractivity contribution < 1.29 is 24.1 Å². The first-order valence-electron chi connectivity index (χ1n) is 16.5. The molecule has 6 rings (SSSR count). The number of benzene rings is 6. The first-order valence-corrected chi connectivity index (χ1v) is 16.9. The van der Waals surface area contributed by atoms with Crippen LogP contribution in [0, 0.1) is 0 Å². The second kappa shape index (κ2) is 14.8. The molecule has 0 bridgehead atoms. The molecule has 0 spiro atoms.